The standard InChI is InChI=1S/C8H14O3.C4H6O3/c1-10-8(11-2)5-3-7(9)4-6-8;5-4-1-6-3-7-2-4/h3-6H2,1-2H3;1-3H2. The SMILES string of the molecule is COC1(OC)CCC(=O)CC1.O=C1COCOC1. The molecule has 0 aromatic heterocycles. The van der Waals surface area contributed by atoms with Gasteiger partial charge in [-0.25, -0.2) is 0 Å². The second-order valence-corrected chi connectivity index (χ2v) is 4.21. The largest absolute Gasteiger partial charge is 0.353 e. The molecule has 2 aliphatic rings. The molecule has 1 heterocycles. The third-order valence-electron chi connectivity index (χ3n) is 3.01. The maximum Gasteiger partial charge on any atom is 0.184 e. The average molecular weight is 260 g/mol. The highest BCUT2D eigenvalue weighted by atomic mass is 16.7. The van der Waals surface area contributed by atoms with Crippen molar-refractivity contribution in [2.24, 2.45) is 0 Å². The van der Waals surface area contributed by atoms with Gasteiger partial charge in [-0.15, -0.1) is 0 Å². The molecule has 0 aromatic carbocycles. The van der Waals surface area contributed by atoms with Crippen molar-refractivity contribution in [1.29, 1.82) is 0 Å². The summed E-state index contributed by atoms with van der Waals surface area (Å²) < 4.78 is 19.6. The molecule has 2 fully saturated rings. The fourth-order valence-electron chi connectivity index (χ4n) is 1.81. The number of methoxy groups -OCH3 is 2. The number of hydrogen-bond acceptors (Lipinski definition) is 6. The molecule has 0 radical (unpaired) electrons. The highest BCUT2D eigenvalue weighted by Crippen LogP contribution is 2.29. The van der Waals surface area contributed by atoms with Crippen LogP contribution in [-0.2, 0) is 28.5 Å². The summed E-state index contributed by atoms with van der Waals surface area (Å²) in [6.07, 6.45) is 2.56. The molecule has 1 saturated carbocycles. The first-order valence-electron chi connectivity index (χ1n) is 5.91. The molecule has 1 aliphatic heterocycles. The van der Waals surface area contributed by atoms with Crippen molar-refractivity contribution in [3.63, 3.8) is 0 Å². The summed E-state index contributed by atoms with van der Waals surface area (Å²) in [5.41, 5.74) is 0. The van der Waals surface area contributed by atoms with Crippen molar-refractivity contribution in [1.82, 2.24) is 0 Å². The number of ketones is 2. The molecule has 1 aliphatic carbocycles. The van der Waals surface area contributed by atoms with E-state index in [2.05, 4.69) is 9.47 Å². The van der Waals surface area contributed by atoms with Crippen molar-refractivity contribution < 1.29 is 28.5 Å². The summed E-state index contributed by atoms with van der Waals surface area (Å²) in [6.45, 7) is 0.714. The fraction of sp³-hybridized carbons (Fsp3) is 0.833. The highest BCUT2D eigenvalue weighted by molar-refractivity contribution is 5.81. The van der Waals surface area contributed by atoms with Crippen molar-refractivity contribution in [2.45, 2.75) is 31.5 Å². The molecule has 6 nitrogen and oxygen atoms in total. The average Bonchev–Trinajstić information content (AvgIpc) is 2.42. The maximum atomic E-state index is 10.9. The Morgan fingerprint density at radius 2 is 1.44 bits per heavy atom. The summed E-state index contributed by atoms with van der Waals surface area (Å²) in [5.74, 6) is -0.144. The molecule has 0 atom stereocenters. The Morgan fingerprint density at radius 3 is 1.78 bits per heavy atom. The lowest BCUT2D eigenvalue weighted by molar-refractivity contribution is -0.221. The Kier molecular flexibility index (Phi) is 6.42. The van der Waals surface area contributed by atoms with Gasteiger partial charge in [-0.1, -0.05) is 0 Å². The third kappa shape index (κ3) is 4.81. The van der Waals surface area contributed by atoms with Crippen LogP contribution in [0.5, 0.6) is 0 Å². The Labute approximate surface area is 107 Å². The van der Waals surface area contributed by atoms with E-state index in [1.165, 1.54) is 0 Å². The maximum absolute atomic E-state index is 10.9. The zero-order valence-corrected chi connectivity index (χ0v) is 10.9. The zero-order valence-electron chi connectivity index (χ0n) is 10.9. The van der Waals surface area contributed by atoms with Gasteiger partial charge in [0.25, 0.3) is 0 Å². The van der Waals surface area contributed by atoms with Crippen LogP contribution in [0.4, 0.5) is 0 Å². The van der Waals surface area contributed by atoms with E-state index in [0.717, 1.165) is 0 Å². The van der Waals surface area contributed by atoms with Crippen LogP contribution in [0.25, 0.3) is 0 Å². The number of carbonyl (C=O) groups excluding carboxylic acids is 2. The van der Waals surface area contributed by atoms with Crippen LogP contribution in [0.3, 0.4) is 0 Å². The molecule has 18 heavy (non-hydrogen) atoms. The molecule has 0 unspecified atom stereocenters. The van der Waals surface area contributed by atoms with Crippen molar-refractivity contribution in [2.75, 3.05) is 34.2 Å². The van der Waals surface area contributed by atoms with Crippen molar-refractivity contribution in [3.8, 4) is 0 Å². The molecular formula is C12H20O6. The lowest BCUT2D eigenvalue weighted by Gasteiger charge is -2.33. The quantitative estimate of drug-likeness (QED) is 0.680. The predicted molar refractivity (Wildman–Crippen MR) is 62.0 cm³/mol. The summed E-state index contributed by atoms with van der Waals surface area (Å²) in [6, 6.07) is 0. The number of carbonyl (C=O) groups is 2. The van der Waals surface area contributed by atoms with Crippen LogP contribution in [0.2, 0.25) is 0 Å². The van der Waals surface area contributed by atoms with E-state index in [1.54, 1.807) is 14.2 Å². The lowest BCUT2D eigenvalue weighted by Crippen LogP contribution is -2.38. The minimum atomic E-state index is -0.478. The molecule has 104 valence electrons. The molecule has 1 saturated heterocycles. The summed E-state index contributed by atoms with van der Waals surface area (Å²) >= 11 is 0. The van der Waals surface area contributed by atoms with Crippen LogP contribution in [-0.4, -0.2) is 51.6 Å². The van der Waals surface area contributed by atoms with Crippen LogP contribution >= 0.6 is 0 Å². The second-order valence-electron chi connectivity index (χ2n) is 4.21. The summed E-state index contributed by atoms with van der Waals surface area (Å²) in [5, 5.41) is 0. The number of hydrogen-bond donors (Lipinski definition) is 0. The van der Waals surface area contributed by atoms with Gasteiger partial charge in [0.15, 0.2) is 11.6 Å². The molecule has 6 heteroatoms. The first-order valence-corrected chi connectivity index (χ1v) is 5.91. The normalized spacial score (nSPS) is 23.2. The van der Waals surface area contributed by atoms with Crippen LogP contribution < -0.4 is 0 Å². The first kappa shape index (κ1) is 15.2. The van der Waals surface area contributed by atoms with E-state index < -0.39 is 5.79 Å². The van der Waals surface area contributed by atoms with Gasteiger partial charge in [0.1, 0.15) is 25.8 Å². The minimum absolute atomic E-state index is 0.0197. The predicted octanol–water partition coefficient (Wildman–Crippen LogP) is 0.678. The summed E-state index contributed by atoms with van der Waals surface area (Å²) in [4.78, 5) is 21.1. The molecule has 0 aromatic rings. The molecule has 2 rings (SSSR count). The van der Waals surface area contributed by atoms with E-state index in [1.807, 2.05) is 0 Å². The van der Waals surface area contributed by atoms with Crippen molar-refractivity contribution >= 4 is 11.6 Å². The number of Topliss-reactive ketones (excluding diaryl/α,β-unsaturated/α-hetero) is 2. The van der Waals surface area contributed by atoms with Gasteiger partial charge >= 0.3 is 0 Å². The van der Waals surface area contributed by atoms with Crippen LogP contribution in [0.1, 0.15) is 25.7 Å². The Bertz CT molecular complexity index is 264. The Morgan fingerprint density at radius 1 is 0.944 bits per heavy atom. The van der Waals surface area contributed by atoms with E-state index >= 15 is 0 Å². The van der Waals surface area contributed by atoms with E-state index in [0.29, 0.717) is 31.5 Å². The van der Waals surface area contributed by atoms with Gasteiger partial charge in [-0.05, 0) is 0 Å². The fourth-order valence-corrected chi connectivity index (χ4v) is 1.81. The van der Waals surface area contributed by atoms with Gasteiger partial charge in [-0.3, -0.25) is 9.59 Å². The Balaban J connectivity index is 0.000000199. The smallest absolute Gasteiger partial charge is 0.184 e. The second kappa shape index (κ2) is 7.58. The van der Waals surface area contributed by atoms with Crippen molar-refractivity contribution in [3.05, 3.63) is 0 Å². The van der Waals surface area contributed by atoms with E-state index in [4.69, 9.17) is 9.47 Å². The van der Waals surface area contributed by atoms with Gasteiger partial charge < -0.3 is 18.9 Å². The van der Waals surface area contributed by atoms with Gasteiger partial charge in [0, 0.05) is 39.9 Å². The number of ether oxygens (including phenoxy) is 4. The molecule has 0 N–H and O–H groups in total. The summed E-state index contributed by atoms with van der Waals surface area (Å²) in [7, 11) is 3.25. The van der Waals surface area contributed by atoms with Gasteiger partial charge in [0.2, 0.25) is 0 Å². The molecular weight excluding hydrogens is 240 g/mol. The molecule has 0 amide bonds. The van der Waals surface area contributed by atoms with E-state index in [-0.39, 0.29) is 25.8 Å². The molecule has 0 bridgehead atoms. The highest BCUT2D eigenvalue weighted by Gasteiger charge is 2.34. The molecule has 0 spiro atoms. The van der Waals surface area contributed by atoms with Crippen LogP contribution in [0, 0.1) is 0 Å². The first-order chi connectivity index (χ1) is 8.62. The monoisotopic (exact) mass is 260 g/mol. The third-order valence-corrected chi connectivity index (χ3v) is 3.01. The Hall–Kier alpha value is -0.820. The van der Waals surface area contributed by atoms with Gasteiger partial charge in [0.05, 0.1) is 0 Å². The minimum Gasteiger partial charge on any atom is -0.353 e. The van der Waals surface area contributed by atoms with E-state index in [9.17, 15) is 9.59 Å². The zero-order chi connectivity index (χ0) is 13.4. The van der Waals surface area contributed by atoms with Gasteiger partial charge in [-0.2, -0.15) is 0 Å². The topological polar surface area (TPSA) is 71.1 Å². The number of rotatable bonds is 2. The van der Waals surface area contributed by atoms with Crippen LogP contribution in [0.15, 0.2) is 0 Å². The lowest BCUT2D eigenvalue weighted by atomic mass is 9.93.